The second-order valence-electron chi connectivity index (χ2n) is 3.80. The summed E-state index contributed by atoms with van der Waals surface area (Å²) in [5.41, 5.74) is 5.92. The second-order valence-corrected chi connectivity index (χ2v) is 4.78. The van der Waals surface area contributed by atoms with E-state index in [0.717, 1.165) is 24.5 Å². The second kappa shape index (κ2) is 6.11. The molecule has 0 spiro atoms. The molecule has 0 radical (unpaired) electrons. The Bertz CT molecular complexity index is 234. The topological polar surface area (TPSA) is 50.9 Å². The van der Waals surface area contributed by atoms with Gasteiger partial charge in [-0.25, -0.2) is 4.98 Å². The molecule has 14 heavy (non-hydrogen) atoms. The Kier molecular flexibility index (Phi) is 5.07. The SMILES string of the molecule is CC(C)C(N)CCNCc1nccs1. The summed E-state index contributed by atoms with van der Waals surface area (Å²) in [5.74, 6) is 0.566. The molecule has 0 aliphatic heterocycles. The fraction of sp³-hybridized carbons (Fsp3) is 0.700. The minimum Gasteiger partial charge on any atom is -0.327 e. The first-order valence-corrected chi connectivity index (χ1v) is 5.92. The van der Waals surface area contributed by atoms with Gasteiger partial charge in [0.2, 0.25) is 0 Å². The molecule has 0 saturated heterocycles. The number of rotatable bonds is 6. The van der Waals surface area contributed by atoms with E-state index in [0.29, 0.717) is 12.0 Å². The van der Waals surface area contributed by atoms with Gasteiger partial charge < -0.3 is 11.1 Å². The lowest BCUT2D eigenvalue weighted by molar-refractivity contribution is 0.449. The zero-order chi connectivity index (χ0) is 10.4. The standard InChI is InChI=1S/C10H19N3S/c1-8(2)9(11)3-4-12-7-10-13-5-6-14-10/h5-6,8-9,12H,3-4,7,11H2,1-2H3. The minimum atomic E-state index is 0.304. The van der Waals surface area contributed by atoms with Crippen LogP contribution >= 0.6 is 11.3 Å². The van der Waals surface area contributed by atoms with E-state index in [-0.39, 0.29) is 0 Å². The highest BCUT2D eigenvalue weighted by Crippen LogP contribution is 2.04. The minimum absolute atomic E-state index is 0.304. The van der Waals surface area contributed by atoms with E-state index in [2.05, 4.69) is 24.1 Å². The van der Waals surface area contributed by atoms with Gasteiger partial charge in [0.25, 0.3) is 0 Å². The maximum absolute atomic E-state index is 5.92. The first-order valence-electron chi connectivity index (χ1n) is 5.05. The van der Waals surface area contributed by atoms with E-state index in [1.54, 1.807) is 11.3 Å². The molecule has 1 aromatic heterocycles. The first-order chi connectivity index (χ1) is 6.70. The zero-order valence-corrected chi connectivity index (χ0v) is 9.68. The van der Waals surface area contributed by atoms with Gasteiger partial charge in [0.15, 0.2) is 0 Å². The van der Waals surface area contributed by atoms with Crippen LogP contribution in [0.5, 0.6) is 0 Å². The summed E-state index contributed by atoms with van der Waals surface area (Å²) in [6, 6.07) is 0.304. The Hall–Kier alpha value is -0.450. The van der Waals surface area contributed by atoms with Crippen molar-refractivity contribution in [2.45, 2.75) is 32.9 Å². The summed E-state index contributed by atoms with van der Waals surface area (Å²) in [6.45, 7) is 6.15. The predicted molar refractivity (Wildman–Crippen MR) is 61.3 cm³/mol. The number of nitrogens with zero attached hydrogens (tertiary/aromatic N) is 1. The monoisotopic (exact) mass is 213 g/mol. The Morgan fingerprint density at radius 3 is 2.93 bits per heavy atom. The van der Waals surface area contributed by atoms with Crippen LogP contribution in [0.1, 0.15) is 25.3 Å². The number of hydrogen-bond acceptors (Lipinski definition) is 4. The van der Waals surface area contributed by atoms with Gasteiger partial charge in [-0.15, -0.1) is 11.3 Å². The summed E-state index contributed by atoms with van der Waals surface area (Å²) >= 11 is 1.68. The highest BCUT2D eigenvalue weighted by Gasteiger charge is 2.06. The lowest BCUT2D eigenvalue weighted by Crippen LogP contribution is -2.30. The molecule has 80 valence electrons. The quantitative estimate of drug-likeness (QED) is 0.706. The smallest absolute Gasteiger partial charge is 0.106 e. The van der Waals surface area contributed by atoms with Crippen molar-refractivity contribution in [2.75, 3.05) is 6.54 Å². The van der Waals surface area contributed by atoms with E-state index in [1.807, 2.05) is 11.6 Å². The summed E-state index contributed by atoms with van der Waals surface area (Å²) in [6.07, 6.45) is 2.87. The Balaban J connectivity index is 2.05. The highest BCUT2D eigenvalue weighted by atomic mass is 32.1. The Morgan fingerprint density at radius 2 is 2.36 bits per heavy atom. The molecule has 0 aliphatic carbocycles. The predicted octanol–water partition coefficient (Wildman–Crippen LogP) is 1.61. The summed E-state index contributed by atoms with van der Waals surface area (Å²) in [7, 11) is 0. The molecule has 0 amide bonds. The maximum atomic E-state index is 5.92. The Morgan fingerprint density at radius 1 is 1.57 bits per heavy atom. The molecule has 0 aromatic carbocycles. The molecule has 0 saturated carbocycles. The number of nitrogens with two attached hydrogens (primary N) is 1. The van der Waals surface area contributed by atoms with Gasteiger partial charge in [-0.05, 0) is 18.9 Å². The van der Waals surface area contributed by atoms with Gasteiger partial charge in [0.1, 0.15) is 5.01 Å². The van der Waals surface area contributed by atoms with Gasteiger partial charge in [-0.2, -0.15) is 0 Å². The van der Waals surface area contributed by atoms with Crippen LogP contribution in [0.4, 0.5) is 0 Å². The van der Waals surface area contributed by atoms with Crippen molar-refractivity contribution in [2.24, 2.45) is 11.7 Å². The molecular formula is C10H19N3S. The molecule has 0 bridgehead atoms. The number of nitrogens with one attached hydrogen (secondary N) is 1. The van der Waals surface area contributed by atoms with Crippen molar-refractivity contribution in [3.63, 3.8) is 0 Å². The summed E-state index contributed by atoms with van der Waals surface area (Å²) in [5, 5.41) is 6.48. The van der Waals surface area contributed by atoms with Crippen LogP contribution in [0.25, 0.3) is 0 Å². The lowest BCUT2D eigenvalue weighted by atomic mass is 10.0. The van der Waals surface area contributed by atoms with Gasteiger partial charge in [0.05, 0.1) is 0 Å². The van der Waals surface area contributed by atoms with Crippen LogP contribution in [-0.4, -0.2) is 17.6 Å². The summed E-state index contributed by atoms with van der Waals surface area (Å²) in [4.78, 5) is 4.19. The van der Waals surface area contributed by atoms with Crippen molar-refractivity contribution in [1.29, 1.82) is 0 Å². The normalized spacial score (nSPS) is 13.4. The van der Waals surface area contributed by atoms with Crippen LogP contribution in [0, 0.1) is 5.92 Å². The van der Waals surface area contributed by atoms with Crippen molar-refractivity contribution in [3.05, 3.63) is 16.6 Å². The third kappa shape index (κ3) is 4.17. The molecule has 1 aromatic rings. The fourth-order valence-corrected chi connectivity index (χ4v) is 1.72. The largest absolute Gasteiger partial charge is 0.327 e. The van der Waals surface area contributed by atoms with Crippen molar-refractivity contribution in [3.8, 4) is 0 Å². The van der Waals surface area contributed by atoms with Crippen LogP contribution in [0.15, 0.2) is 11.6 Å². The van der Waals surface area contributed by atoms with Gasteiger partial charge >= 0.3 is 0 Å². The average molecular weight is 213 g/mol. The fourth-order valence-electron chi connectivity index (χ4n) is 1.14. The van der Waals surface area contributed by atoms with Crippen LogP contribution in [-0.2, 0) is 6.54 Å². The van der Waals surface area contributed by atoms with Gasteiger partial charge in [0, 0.05) is 24.2 Å². The van der Waals surface area contributed by atoms with Crippen molar-refractivity contribution >= 4 is 11.3 Å². The van der Waals surface area contributed by atoms with Gasteiger partial charge in [-0.1, -0.05) is 13.8 Å². The number of thiazole rings is 1. The van der Waals surface area contributed by atoms with Crippen LogP contribution in [0.2, 0.25) is 0 Å². The first kappa shape index (κ1) is 11.6. The van der Waals surface area contributed by atoms with E-state index >= 15 is 0 Å². The van der Waals surface area contributed by atoms with E-state index in [1.165, 1.54) is 0 Å². The van der Waals surface area contributed by atoms with E-state index in [9.17, 15) is 0 Å². The number of aromatic nitrogens is 1. The van der Waals surface area contributed by atoms with Crippen molar-refractivity contribution < 1.29 is 0 Å². The maximum Gasteiger partial charge on any atom is 0.106 e. The molecule has 3 N–H and O–H groups in total. The Labute approximate surface area is 89.7 Å². The molecule has 3 nitrogen and oxygen atoms in total. The molecule has 0 fully saturated rings. The third-order valence-electron chi connectivity index (χ3n) is 2.27. The lowest BCUT2D eigenvalue weighted by Gasteiger charge is -2.15. The summed E-state index contributed by atoms with van der Waals surface area (Å²) < 4.78 is 0. The zero-order valence-electron chi connectivity index (χ0n) is 8.86. The molecule has 4 heteroatoms. The molecule has 0 aliphatic rings. The molecular weight excluding hydrogens is 194 g/mol. The third-order valence-corrected chi connectivity index (χ3v) is 3.05. The molecule has 1 heterocycles. The van der Waals surface area contributed by atoms with E-state index < -0.39 is 0 Å². The molecule has 1 unspecified atom stereocenters. The molecule has 1 atom stereocenters. The number of hydrogen-bond donors (Lipinski definition) is 2. The van der Waals surface area contributed by atoms with Gasteiger partial charge in [-0.3, -0.25) is 0 Å². The highest BCUT2D eigenvalue weighted by molar-refractivity contribution is 7.09. The van der Waals surface area contributed by atoms with Crippen LogP contribution < -0.4 is 11.1 Å². The van der Waals surface area contributed by atoms with Crippen molar-refractivity contribution in [1.82, 2.24) is 10.3 Å². The van der Waals surface area contributed by atoms with E-state index in [4.69, 9.17) is 5.73 Å². The van der Waals surface area contributed by atoms with Crippen LogP contribution in [0.3, 0.4) is 0 Å². The molecule has 1 rings (SSSR count). The average Bonchev–Trinajstić information content (AvgIpc) is 2.64.